The van der Waals surface area contributed by atoms with E-state index in [0.29, 0.717) is 81.6 Å². The van der Waals surface area contributed by atoms with Gasteiger partial charge in [-0.15, -0.1) is 0 Å². The third-order valence-corrected chi connectivity index (χ3v) is 19.9. The van der Waals surface area contributed by atoms with Gasteiger partial charge in [0.15, 0.2) is 0 Å². The van der Waals surface area contributed by atoms with Crippen LogP contribution in [0.2, 0.25) is 0 Å². The monoisotopic (exact) mass is 1170 g/mol. The van der Waals surface area contributed by atoms with Crippen molar-refractivity contribution in [2.45, 2.75) is 107 Å². The molecule has 6 aliphatic heterocycles. The molecule has 4 atom stereocenters. The maximum Gasteiger partial charge on any atom is 0.293 e. The number of fused-ring (bicyclic) bond motifs is 3. The van der Waals surface area contributed by atoms with Crippen molar-refractivity contribution in [2.75, 3.05) is 110 Å². The molecule has 22 heteroatoms. The van der Waals surface area contributed by atoms with E-state index in [9.17, 15) is 23.3 Å². The first-order valence-corrected chi connectivity index (χ1v) is 31.4. The number of aromatic nitrogens is 3. The topological polar surface area (TPSA) is 222 Å². The molecule has 6 aromatic rings. The number of para-hydroxylation sites is 1. The largest absolute Gasteiger partial charge is 0.491 e. The van der Waals surface area contributed by atoms with Crippen LogP contribution in [0.25, 0.3) is 11.0 Å². The SMILES string of the molecule is CC(C)Oc1ccccc1[C@H]1CN(c2ccnc(N3CCOC[C@H]3C)c2)CCN1C1CC2(CCN(c3ccc(C(=O)NS(=O)(=O)c4ccc(NCC5CCOCC5)c([N+](=O)[O-])c4)c(N4c5cc6cc[nH]c6nc5O[C@H]5COCC[C@@H]54)c3)CC2)C1. The molecule has 84 heavy (non-hydrogen) atoms. The molecule has 3 aromatic carbocycles. The van der Waals surface area contributed by atoms with Gasteiger partial charge in [0.05, 0.1) is 65.1 Å². The molecule has 7 aliphatic rings. The van der Waals surface area contributed by atoms with Gasteiger partial charge >= 0.3 is 0 Å². The number of piperidine rings is 1. The van der Waals surface area contributed by atoms with Gasteiger partial charge in [0.2, 0.25) is 5.88 Å². The first-order valence-electron chi connectivity index (χ1n) is 29.9. The number of hydrogen-bond donors (Lipinski definition) is 3. The van der Waals surface area contributed by atoms with E-state index < -0.39 is 37.5 Å². The second-order valence-electron chi connectivity index (χ2n) is 24.1. The van der Waals surface area contributed by atoms with Crippen LogP contribution in [0, 0.1) is 21.4 Å². The van der Waals surface area contributed by atoms with Gasteiger partial charge in [-0.1, -0.05) is 18.2 Å². The van der Waals surface area contributed by atoms with E-state index in [1.165, 1.54) is 23.4 Å². The number of carbonyl (C=O) groups is 1. The van der Waals surface area contributed by atoms with Gasteiger partial charge in [0, 0.05) is 119 Å². The van der Waals surface area contributed by atoms with Crippen LogP contribution >= 0.6 is 0 Å². The molecule has 6 fully saturated rings. The summed E-state index contributed by atoms with van der Waals surface area (Å²) < 4.78 is 61.1. The fourth-order valence-electron chi connectivity index (χ4n) is 14.0. The summed E-state index contributed by atoms with van der Waals surface area (Å²) in [5.74, 6) is 1.66. The van der Waals surface area contributed by atoms with E-state index in [1.54, 1.807) is 6.07 Å². The molecule has 9 heterocycles. The van der Waals surface area contributed by atoms with E-state index in [1.807, 2.05) is 36.7 Å². The normalized spacial score (nSPS) is 23.2. The molecular formula is C62H75N11O10S. The summed E-state index contributed by atoms with van der Waals surface area (Å²) in [6.07, 6.45) is 9.71. The van der Waals surface area contributed by atoms with Gasteiger partial charge in [0.25, 0.3) is 21.6 Å². The summed E-state index contributed by atoms with van der Waals surface area (Å²) in [4.78, 5) is 51.2. The Labute approximate surface area is 490 Å². The van der Waals surface area contributed by atoms with Crippen molar-refractivity contribution in [1.82, 2.24) is 24.6 Å². The second-order valence-corrected chi connectivity index (χ2v) is 25.8. The zero-order valence-corrected chi connectivity index (χ0v) is 48.8. The van der Waals surface area contributed by atoms with Crippen molar-refractivity contribution in [1.29, 1.82) is 0 Å². The quantitative estimate of drug-likeness (QED) is 0.0645. The Morgan fingerprint density at radius 1 is 0.869 bits per heavy atom. The fraction of sp³-hybridized carbons (Fsp3) is 0.500. The maximum atomic E-state index is 14.9. The van der Waals surface area contributed by atoms with Crippen LogP contribution in [0.3, 0.4) is 0 Å². The zero-order valence-electron chi connectivity index (χ0n) is 48.0. The van der Waals surface area contributed by atoms with Crippen molar-refractivity contribution in [3.8, 4) is 11.6 Å². The van der Waals surface area contributed by atoms with E-state index in [4.69, 9.17) is 33.7 Å². The lowest BCUT2D eigenvalue weighted by Gasteiger charge is -2.58. The number of benzene rings is 3. The zero-order chi connectivity index (χ0) is 57.7. The van der Waals surface area contributed by atoms with Crippen LogP contribution in [0.1, 0.15) is 87.7 Å². The number of nitro benzene ring substituents is 1. The average molecular weight is 1170 g/mol. The summed E-state index contributed by atoms with van der Waals surface area (Å²) in [7, 11) is -4.63. The number of nitrogens with one attached hydrogen (secondary N) is 3. The lowest BCUT2D eigenvalue weighted by molar-refractivity contribution is -0.384. The summed E-state index contributed by atoms with van der Waals surface area (Å²) in [6.45, 7) is 15.2. The predicted octanol–water partition coefficient (Wildman–Crippen LogP) is 8.84. The molecule has 5 saturated heterocycles. The van der Waals surface area contributed by atoms with Crippen molar-refractivity contribution in [3.05, 3.63) is 119 Å². The van der Waals surface area contributed by atoms with Gasteiger partial charge in [-0.25, -0.2) is 18.1 Å². The Balaban J connectivity index is 0.762. The number of nitrogens with zero attached hydrogens (tertiary/aromatic N) is 8. The second kappa shape index (κ2) is 23.3. The van der Waals surface area contributed by atoms with Gasteiger partial charge in [-0.2, -0.15) is 4.98 Å². The Morgan fingerprint density at radius 3 is 2.48 bits per heavy atom. The number of piperazine rings is 1. The number of rotatable bonds is 15. The minimum atomic E-state index is -4.63. The number of carbonyl (C=O) groups excluding carboxylic acids is 1. The number of amides is 1. The molecule has 3 aromatic heterocycles. The molecule has 0 unspecified atom stereocenters. The highest BCUT2D eigenvalue weighted by Gasteiger charge is 2.51. The standard InChI is InChI=1S/C62H75N11O10S/c1-40(2)82-56-7-5-4-6-48(56)55-37-69(45-13-20-63-58(32-45)70-25-29-81-38-41(70)3)23-24-71(55)46-34-62(35-46)17-21-68(22-18-62)44-8-10-49(52(31-44)72-51-16-28-80-39-57(51)83-61-54(72)30-43-12-19-64-59(43)66-61)60(74)67-84(77,78)47-9-11-50(53(33-47)73(75)76)65-36-42-14-26-79-27-15-42/h4-13,19-20,30-33,40-42,46,51,55,57,65H,14-18,21-29,34-39H2,1-3H3,(H,64,66)(H,67,74)/t41-,51+,55-,57+/m1/s1. The third kappa shape index (κ3) is 11.2. The molecule has 0 bridgehead atoms. The van der Waals surface area contributed by atoms with Crippen molar-refractivity contribution in [3.63, 3.8) is 0 Å². The number of morpholine rings is 1. The molecule has 444 valence electrons. The maximum absolute atomic E-state index is 14.9. The molecule has 0 radical (unpaired) electrons. The van der Waals surface area contributed by atoms with Crippen LogP contribution in [0.4, 0.5) is 39.9 Å². The summed E-state index contributed by atoms with van der Waals surface area (Å²) in [5, 5.41) is 16.4. The minimum absolute atomic E-state index is 0.0311. The van der Waals surface area contributed by atoms with Crippen molar-refractivity contribution >= 4 is 66.9 Å². The molecule has 3 N–H and O–H groups in total. The Morgan fingerprint density at radius 2 is 1.67 bits per heavy atom. The Hall–Kier alpha value is -7.24. The molecule has 13 rings (SSSR count). The van der Waals surface area contributed by atoms with E-state index in [2.05, 4.69) is 96.7 Å². The molecular weight excluding hydrogens is 1090 g/mol. The molecule has 21 nitrogen and oxygen atoms in total. The van der Waals surface area contributed by atoms with E-state index in [0.717, 1.165) is 107 Å². The lowest BCUT2D eigenvalue weighted by Crippen LogP contribution is -2.60. The first kappa shape index (κ1) is 55.9. The number of aromatic amines is 1. The van der Waals surface area contributed by atoms with Crippen LogP contribution in [0.5, 0.6) is 11.6 Å². The Kier molecular flexibility index (Phi) is 15.5. The highest BCUT2D eigenvalue weighted by atomic mass is 32.2. The number of pyridine rings is 2. The van der Waals surface area contributed by atoms with Gasteiger partial charge in [0.1, 0.15) is 34.7 Å². The number of nitro groups is 1. The van der Waals surface area contributed by atoms with Crippen LogP contribution in [-0.4, -0.2) is 155 Å². The number of anilines is 6. The predicted molar refractivity (Wildman–Crippen MR) is 321 cm³/mol. The summed E-state index contributed by atoms with van der Waals surface area (Å²) in [6, 6.07) is 26.6. The number of sulfonamides is 1. The molecule has 1 aliphatic carbocycles. The third-order valence-electron chi connectivity index (χ3n) is 18.5. The van der Waals surface area contributed by atoms with Gasteiger partial charge in [-0.05, 0) is 132 Å². The highest BCUT2D eigenvalue weighted by Crippen LogP contribution is 2.54. The van der Waals surface area contributed by atoms with Gasteiger partial charge < -0.3 is 53.6 Å². The van der Waals surface area contributed by atoms with Crippen LogP contribution < -0.4 is 39.1 Å². The average Bonchev–Trinajstić information content (AvgIpc) is 1.85. The number of hydrogen-bond acceptors (Lipinski definition) is 18. The Bertz CT molecular complexity index is 3510. The van der Waals surface area contributed by atoms with Gasteiger partial charge in [-0.3, -0.25) is 19.8 Å². The summed E-state index contributed by atoms with van der Waals surface area (Å²) >= 11 is 0. The number of ether oxygens (including phenoxy) is 5. The molecule has 1 spiro atoms. The minimum Gasteiger partial charge on any atom is -0.491 e. The molecule has 1 saturated carbocycles. The molecule has 1 amide bonds. The smallest absolute Gasteiger partial charge is 0.293 e. The van der Waals surface area contributed by atoms with E-state index in [-0.39, 0.29) is 46.8 Å². The van der Waals surface area contributed by atoms with Crippen LogP contribution in [-0.2, 0) is 24.2 Å². The fourth-order valence-corrected chi connectivity index (χ4v) is 15.0. The first-order chi connectivity index (χ1) is 40.8. The van der Waals surface area contributed by atoms with E-state index >= 15 is 0 Å². The van der Waals surface area contributed by atoms with Crippen LogP contribution in [0.15, 0.2) is 102 Å². The lowest BCUT2D eigenvalue weighted by atomic mass is 9.59. The summed E-state index contributed by atoms with van der Waals surface area (Å²) in [5.41, 5.74) is 5.14. The number of H-pyrrole nitrogens is 1. The highest BCUT2D eigenvalue weighted by molar-refractivity contribution is 7.90. The van der Waals surface area contributed by atoms with Crippen molar-refractivity contribution in [2.24, 2.45) is 11.3 Å². The van der Waals surface area contributed by atoms with Crippen molar-refractivity contribution < 1.29 is 41.8 Å².